The Morgan fingerprint density at radius 2 is 1.75 bits per heavy atom. The maximum Gasteiger partial charge on any atom is 0.254 e. The minimum atomic E-state index is 0.0435. The van der Waals surface area contributed by atoms with Crippen LogP contribution in [-0.2, 0) is 11.3 Å². The summed E-state index contributed by atoms with van der Waals surface area (Å²) >= 11 is 1.52. The number of hydrogen-bond acceptors (Lipinski definition) is 5. The second-order valence-electron chi connectivity index (χ2n) is 7.74. The Bertz CT molecular complexity index is 1200. The SMILES string of the molecule is O=C(c1ccc(NSc2cccc3cccnc23)cc1)N1CC(OCc2ccccc2)C1. The number of pyridine rings is 1. The lowest BCUT2D eigenvalue weighted by atomic mass is 10.1. The van der Waals surface area contributed by atoms with Gasteiger partial charge >= 0.3 is 0 Å². The molecule has 0 saturated carbocycles. The number of aromatic nitrogens is 1. The van der Waals surface area contributed by atoms with Crippen molar-refractivity contribution in [2.75, 3.05) is 17.8 Å². The molecule has 0 atom stereocenters. The predicted molar refractivity (Wildman–Crippen MR) is 129 cm³/mol. The van der Waals surface area contributed by atoms with Gasteiger partial charge in [-0.1, -0.05) is 48.5 Å². The van der Waals surface area contributed by atoms with Gasteiger partial charge in [-0.15, -0.1) is 0 Å². The van der Waals surface area contributed by atoms with Crippen LogP contribution in [0.2, 0.25) is 0 Å². The van der Waals surface area contributed by atoms with Crippen molar-refractivity contribution >= 4 is 34.4 Å². The first-order chi connectivity index (χ1) is 15.8. The summed E-state index contributed by atoms with van der Waals surface area (Å²) in [5.41, 5.74) is 3.75. The van der Waals surface area contributed by atoms with Crippen molar-refractivity contribution < 1.29 is 9.53 Å². The predicted octanol–water partition coefficient (Wildman–Crippen LogP) is 5.40. The van der Waals surface area contributed by atoms with E-state index in [4.69, 9.17) is 4.74 Å². The highest BCUT2D eigenvalue weighted by atomic mass is 32.2. The summed E-state index contributed by atoms with van der Waals surface area (Å²) in [7, 11) is 0. The van der Waals surface area contributed by atoms with Gasteiger partial charge in [-0.05, 0) is 53.9 Å². The Hall–Kier alpha value is -3.35. The number of ether oxygens (including phenoxy) is 1. The summed E-state index contributed by atoms with van der Waals surface area (Å²) in [5, 5.41) is 1.11. The van der Waals surface area contributed by atoms with Gasteiger partial charge in [0.1, 0.15) is 0 Å². The van der Waals surface area contributed by atoms with Gasteiger partial charge in [0.2, 0.25) is 0 Å². The second-order valence-corrected chi connectivity index (χ2v) is 8.59. The molecule has 0 spiro atoms. The van der Waals surface area contributed by atoms with Crippen LogP contribution in [0.5, 0.6) is 0 Å². The molecule has 2 heterocycles. The van der Waals surface area contributed by atoms with E-state index in [1.54, 1.807) is 6.20 Å². The molecule has 1 aromatic heterocycles. The maximum atomic E-state index is 12.7. The first kappa shape index (κ1) is 20.5. The van der Waals surface area contributed by atoms with E-state index < -0.39 is 0 Å². The zero-order valence-electron chi connectivity index (χ0n) is 17.5. The standard InChI is InChI=1S/C26H23N3O2S/c30-26(29-16-23(17-29)31-18-19-6-2-1-3-7-19)21-11-13-22(14-12-21)28-32-24-10-4-8-20-9-5-15-27-25(20)24/h1-15,23,28H,16-18H2. The zero-order valence-corrected chi connectivity index (χ0v) is 18.3. The summed E-state index contributed by atoms with van der Waals surface area (Å²) in [6.45, 7) is 1.85. The van der Waals surface area contributed by atoms with E-state index in [0.717, 1.165) is 27.0 Å². The fourth-order valence-corrected chi connectivity index (χ4v) is 4.41. The first-order valence-electron chi connectivity index (χ1n) is 10.6. The summed E-state index contributed by atoms with van der Waals surface area (Å²) < 4.78 is 9.24. The highest BCUT2D eigenvalue weighted by Gasteiger charge is 2.31. The van der Waals surface area contributed by atoms with Gasteiger partial charge in [-0.2, -0.15) is 0 Å². The Balaban J connectivity index is 1.13. The minimum absolute atomic E-state index is 0.0435. The minimum Gasteiger partial charge on any atom is -0.370 e. The number of para-hydroxylation sites is 1. The van der Waals surface area contributed by atoms with Gasteiger partial charge in [-0.3, -0.25) is 9.78 Å². The monoisotopic (exact) mass is 441 g/mol. The van der Waals surface area contributed by atoms with E-state index in [1.165, 1.54) is 11.9 Å². The van der Waals surface area contributed by atoms with Gasteiger partial charge in [0.05, 0.1) is 23.1 Å². The van der Waals surface area contributed by atoms with Crippen LogP contribution in [0.25, 0.3) is 10.9 Å². The van der Waals surface area contributed by atoms with Crippen LogP contribution in [0.15, 0.2) is 96.0 Å². The number of likely N-dealkylation sites (tertiary alicyclic amines) is 1. The molecule has 0 unspecified atom stereocenters. The molecule has 0 bridgehead atoms. The topological polar surface area (TPSA) is 54.5 Å². The van der Waals surface area contributed by atoms with Crippen molar-refractivity contribution in [3.8, 4) is 0 Å². The lowest BCUT2D eigenvalue weighted by molar-refractivity contribution is -0.0503. The van der Waals surface area contributed by atoms with Crippen molar-refractivity contribution in [3.05, 3.63) is 102 Å². The normalized spacial score (nSPS) is 13.7. The number of hydrogen-bond donors (Lipinski definition) is 1. The number of nitrogens with one attached hydrogen (secondary N) is 1. The molecule has 160 valence electrons. The van der Waals surface area contributed by atoms with Gasteiger partial charge in [-0.25, -0.2) is 0 Å². The Morgan fingerprint density at radius 1 is 0.969 bits per heavy atom. The lowest BCUT2D eigenvalue weighted by Crippen LogP contribution is -2.54. The molecular weight excluding hydrogens is 418 g/mol. The second kappa shape index (κ2) is 9.42. The summed E-state index contributed by atoms with van der Waals surface area (Å²) in [4.78, 5) is 20.1. The Labute approximate surface area is 191 Å². The number of amides is 1. The molecule has 1 amide bonds. The number of nitrogens with zero attached hydrogens (tertiary/aromatic N) is 2. The van der Waals surface area contributed by atoms with Gasteiger partial charge < -0.3 is 14.4 Å². The van der Waals surface area contributed by atoms with E-state index in [9.17, 15) is 4.79 Å². The molecule has 1 aliphatic rings. The van der Waals surface area contributed by atoms with Crippen molar-refractivity contribution in [1.82, 2.24) is 9.88 Å². The summed E-state index contributed by atoms with van der Waals surface area (Å²) in [5.74, 6) is 0.0435. The Kier molecular flexibility index (Phi) is 6.05. The highest BCUT2D eigenvalue weighted by molar-refractivity contribution is 8.00. The van der Waals surface area contributed by atoms with Gasteiger partial charge in [0.15, 0.2) is 0 Å². The van der Waals surface area contributed by atoms with Crippen LogP contribution in [0.3, 0.4) is 0 Å². The molecule has 6 heteroatoms. The average Bonchev–Trinajstić information content (AvgIpc) is 2.82. The third-order valence-electron chi connectivity index (χ3n) is 5.47. The molecule has 1 saturated heterocycles. The van der Waals surface area contributed by atoms with Gasteiger partial charge in [0.25, 0.3) is 5.91 Å². The van der Waals surface area contributed by atoms with E-state index >= 15 is 0 Å². The van der Waals surface area contributed by atoms with Crippen molar-refractivity contribution in [2.45, 2.75) is 17.6 Å². The maximum absolute atomic E-state index is 12.7. The van der Waals surface area contributed by atoms with E-state index in [1.807, 2.05) is 77.7 Å². The molecule has 1 fully saturated rings. The van der Waals surface area contributed by atoms with Crippen LogP contribution in [0.4, 0.5) is 5.69 Å². The van der Waals surface area contributed by atoms with Crippen LogP contribution in [0.1, 0.15) is 15.9 Å². The molecular formula is C26H23N3O2S. The molecule has 1 aliphatic heterocycles. The van der Waals surface area contributed by atoms with E-state index in [0.29, 0.717) is 25.3 Å². The third-order valence-corrected chi connectivity index (χ3v) is 6.36. The molecule has 3 aromatic carbocycles. The van der Waals surface area contributed by atoms with Crippen molar-refractivity contribution in [3.63, 3.8) is 0 Å². The molecule has 1 N–H and O–H groups in total. The fourth-order valence-electron chi connectivity index (χ4n) is 3.63. The number of rotatable bonds is 7. The summed E-state index contributed by atoms with van der Waals surface area (Å²) in [6.07, 6.45) is 1.91. The van der Waals surface area contributed by atoms with Crippen LogP contribution in [-0.4, -0.2) is 35.0 Å². The van der Waals surface area contributed by atoms with Crippen LogP contribution in [0, 0.1) is 0 Å². The highest BCUT2D eigenvalue weighted by Crippen LogP contribution is 2.27. The third kappa shape index (κ3) is 4.61. The fraction of sp³-hybridized carbons (Fsp3) is 0.154. The molecule has 5 nitrogen and oxygen atoms in total. The first-order valence-corrected chi connectivity index (χ1v) is 11.4. The number of carbonyl (C=O) groups is 1. The lowest BCUT2D eigenvalue weighted by Gasteiger charge is -2.39. The molecule has 32 heavy (non-hydrogen) atoms. The number of anilines is 1. The molecule has 0 aliphatic carbocycles. The zero-order chi connectivity index (χ0) is 21.8. The molecule has 5 rings (SSSR count). The molecule has 4 aromatic rings. The van der Waals surface area contributed by atoms with Crippen molar-refractivity contribution in [2.24, 2.45) is 0 Å². The van der Waals surface area contributed by atoms with Crippen LogP contribution >= 0.6 is 11.9 Å². The largest absolute Gasteiger partial charge is 0.370 e. The number of fused-ring (bicyclic) bond motifs is 1. The number of carbonyl (C=O) groups excluding carboxylic acids is 1. The summed E-state index contributed by atoms with van der Waals surface area (Å²) in [6, 6.07) is 27.8. The van der Waals surface area contributed by atoms with Crippen molar-refractivity contribution in [1.29, 1.82) is 0 Å². The molecule has 0 radical (unpaired) electrons. The average molecular weight is 442 g/mol. The van der Waals surface area contributed by atoms with Crippen LogP contribution < -0.4 is 4.72 Å². The Morgan fingerprint density at radius 3 is 2.56 bits per heavy atom. The number of benzene rings is 3. The van der Waals surface area contributed by atoms with E-state index in [-0.39, 0.29) is 12.0 Å². The quantitative estimate of drug-likeness (QED) is 0.390. The van der Waals surface area contributed by atoms with E-state index in [2.05, 4.69) is 21.8 Å². The smallest absolute Gasteiger partial charge is 0.254 e. The van der Waals surface area contributed by atoms with Gasteiger partial charge in [0, 0.05) is 35.9 Å².